The van der Waals surface area contributed by atoms with Gasteiger partial charge in [-0.05, 0) is 31.2 Å². The van der Waals surface area contributed by atoms with Crippen LogP contribution in [0.3, 0.4) is 0 Å². The summed E-state index contributed by atoms with van der Waals surface area (Å²) in [7, 11) is -3.45. The Morgan fingerprint density at radius 2 is 2.10 bits per heavy atom. The zero-order chi connectivity index (χ0) is 14.4. The first-order valence-electron chi connectivity index (χ1n) is 6.42. The number of hydrogen-bond donors (Lipinski definition) is 2. The van der Waals surface area contributed by atoms with Crippen LogP contribution < -0.4 is 10.0 Å². The zero-order valence-electron chi connectivity index (χ0n) is 11.3. The Balaban J connectivity index is 1.95. The molecule has 2 N–H and O–H groups in total. The van der Waals surface area contributed by atoms with Crippen LogP contribution in [0, 0.1) is 0 Å². The second-order valence-corrected chi connectivity index (χ2v) is 7.52. The van der Waals surface area contributed by atoms with Crippen molar-refractivity contribution in [2.75, 3.05) is 6.54 Å². The summed E-state index contributed by atoms with van der Waals surface area (Å²) in [5, 5.41) is 3.25. The predicted octanol–water partition coefficient (Wildman–Crippen LogP) is 2.32. The van der Waals surface area contributed by atoms with Crippen molar-refractivity contribution in [2.24, 2.45) is 0 Å². The fourth-order valence-corrected chi connectivity index (χ4v) is 4.02. The van der Waals surface area contributed by atoms with Crippen molar-refractivity contribution >= 4 is 21.4 Å². The molecule has 0 saturated heterocycles. The molecule has 0 unspecified atom stereocenters. The summed E-state index contributed by atoms with van der Waals surface area (Å²) >= 11 is 1.29. The van der Waals surface area contributed by atoms with Gasteiger partial charge in [0, 0.05) is 23.5 Å². The lowest BCUT2D eigenvalue weighted by atomic mass is 10.4. The summed E-state index contributed by atoms with van der Waals surface area (Å²) in [5.41, 5.74) is 0.801. The molecular formula is C13H18N2O3S2. The molecule has 0 aliphatic rings. The molecule has 0 bridgehead atoms. The van der Waals surface area contributed by atoms with Gasteiger partial charge in [-0.15, -0.1) is 11.3 Å². The van der Waals surface area contributed by atoms with Crippen molar-refractivity contribution in [2.45, 2.75) is 30.6 Å². The van der Waals surface area contributed by atoms with Crippen LogP contribution >= 0.6 is 11.3 Å². The number of rotatable bonds is 8. The van der Waals surface area contributed by atoms with Gasteiger partial charge in [-0.1, -0.05) is 6.92 Å². The quantitative estimate of drug-likeness (QED) is 0.734. The van der Waals surface area contributed by atoms with Crippen molar-refractivity contribution in [3.63, 3.8) is 0 Å². The SMILES string of the molecule is CCCNCc1ccc(S(=O)(=O)NCc2ccoc2)s1. The minimum absolute atomic E-state index is 0.236. The molecule has 0 atom stereocenters. The third-order valence-corrected chi connectivity index (χ3v) is 5.65. The molecule has 0 saturated carbocycles. The maximum atomic E-state index is 12.1. The van der Waals surface area contributed by atoms with Crippen LogP contribution in [0.4, 0.5) is 0 Å². The standard InChI is InChI=1S/C13H18N2O3S2/c1-2-6-14-9-12-3-4-13(19-12)20(16,17)15-8-11-5-7-18-10-11/h3-5,7,10,14-15H,2,6,8-9H2,1H3. The van der Waals surface area contributed by atoms with E-state index < -0.39 is 10.0 Å². The largest absolute Gasteiger partial charge is 0.472 e. The van der Waals surface area contributed by atoms with Crippen LogP contribution in [-0.2, 0) is 23.1 Å². The summed E-state index contributed by atoms with van der Waals surface area (Å²) in [5.74, 6) is 0. The average Bonchev–Trinajstić information content (AvgIpc) is 3.08. The maximum absolute atomic E-state index is 12.1. The van der Waals surface area contributed by atoms with Crippen molar-refractivity contribution in [3.05, 3.63) is 41.2 Å². The second kappa shape index (κ2) is 7.03. The molecule has 110 valence electrons. The Hall–Kier alpha value is -1.15. The summed E-state index contributed by atoms with van der Waals surface area (Å²) < 4.78 is 32.0. The highest BCUT2D eigenvalue weighted by Crippen LogP contribution is 2.21. The van der Waals surface area contributed by atoms with E-state index in [1.807, 2.05) is 6.07 Å². The van der Waals surface area contributed by atoms with Crippen LogP contribution in [0.5, 0.6) is 0 Å². The highest BCUT2D eigenvalue weighted by atomic mass is 32.2. The first-order chi connectivity index (χ1) is 9.62. The van der Waals surface area contributed by atoms with Crippen molar-refractivity contribution < 1.29 is 12.8 Å². The molecule has 2 rings (SSSR count). The van der Waals surface area contributed by atoms with E-state index in [0.717, 1.165) is 23.4 Å². The molecule has 0 aliphatic heterocycles. The Kier molecular flexibility index (Phi) is 5.36. The van der Waals surface area contributed by atoms with Gasteiger partial charge < -0.3 is 9.73 Å². The second-order valence-electron chi connectivity index (χ2n) is 4.35. The number of thiophene rings is 1. The first kappa shape index (κ1) is 15.2. The van der Waals surface area contributed by atoms with E-state index in [2.05, 4.69) is 17.0 Å². The van der Waals surface area contributed by atoms with E-state index >= 15 is 0 Å². The van der Waals surface area contributed by atoms with Crippen molar-refractivity contribution in [1.82, 2.24) is 10.0 Å². The Bertz CT molecular complexity index is 618. The first-order valence-corrected chi connectivity index (χ1v) is 8.72. The third-order valence-electron chi connectivity index (χ3n) is 2.67. The van der Waals surface area contributed by atoms with E-state index in [4.69, 9.17) is 4.42 Å². The lowest BCUT2D eigenvalue weighted by molar-refractivity contribution is 0.561. The van der Waals surface area contributed by atoms with Gasteiger partial charge in [0.1, 0.15) is 4.21 Å². The highest BCUT2D eigenvalue weighted by Gasteiger charge is 2.16. The Morgan fingerprint density at radius 3 is 2.80 bits per heavy atom. The number of sulfonamides is 1. The van der Waals surface area contributed by atoms with Gasteiger partial charge >= 0.3 is 0 Å². The molecule has 20 heavy (non-hydrogen) atoms. The molecule has 5 nitrogen and oxygen atoms in total. The lowest BCUT2D eigenvalue weighted by Crippen LogP contribution is -2.22. The molecule has 0 aliphatic carbocycles. The van der Waals surface area contributed by atoms with Gasteiger partial charge in [-0.25, -0.2) is 13.1 Å². The van der Waals surface area contributed by atoms with Crippen LogP contribution in [0.1, 0.15) is 23.8 Å². The van der Waals surface area contributed by atoms with Gasteiger partial charge in [0.25, 0.3) is 0 Å². The summed E-state index contributed by atoms with van der Waals surface area (Å²) in [6.45, 7) is 3.96. The Morgan fingerprint density at radius 1 is 1.25 bits per heavy atom. The smallest absolute Gasteiger partial charge is 0.250 e. The summed E-state index contributed by atoms with van der Waals surface area (Å²) in [6, 6.07) is 5.22. The topological polar surface area (TPSA) is 71.3 Å². The fourth-order valence-electron chi connectivity index (χ4n) is 1.63. The van der Waals surface area contributed by atoms with Crippen LogP contribution in [0.25, 0.3) is 0 Å². The van der Waals surface area contributed by atoms with Crippen LogP contribution in [-0.4, -0.2) is 15.0 Å². The van der Waals surface area contributed by atoms with E-state index in [1.165, 1.54) is 23.9 Å². The molecule has 2 aromatic rings. The summed E-state index contributed by atoms with van der Waals surface area (Å²) in [6.07, 6.45) is 4.10. The minimum Gasteiger partial charge on any atom is -0.472 e. The molecule has 0 radical (unpaired) electrons. The molecule has 2 aromatic heterocycles. The van der Waals surface area contributed by atoms with Gasteiger partial charge in [0.2, 0.25) is 10.0 Å². The monoisotopic (exact) mass is 314 g/mol. The molecule has 0 aromatic carbocycles. The number of nitrogens with one attached hydrogen (secondary N) is 2. The third kappa shape index (κ3) is 4.17. The van der Waals surface area contributed by atoms with E-state index in [1.54, 1.807) is 12.1 Å². The molecular weight excluding hydrogens is 296 g/mol. The van der Waals surface area contributed by atoms with Gasteiger partial charge in [-0.3, -0.25) is 0 Å². The number of hydrogen-bond acceptors (Lipinski definition) is 5. The van der Waals surface area contributed by atoms with Crippen LogP contribution in [0.15, 0.2) is 39.4 Å². The van der Waals surface area contributed by atoms with E-state index in [-0.39, 0.29) is 6.54 Å². The lowest BCUT2D eigenvalue weighted by Gasteiger charge is -2.02. The predicted molar refractivity (Wildman–Crippen MR) is 79.1 cm³/mol. The van der Waals surface area contributed by atoms with Gasteiger partial charge in [0.15, 0.2) is 0 Å². The number of furan rings is 1. The molecule has 0 spiro atoms. The molecule has 0 amide bonds. The fraction of sp³-hybridized carbons (Fsp3) is 0.385. The zero-order valence-corrected chi connectivity index (χ0v) is 12.9. The highest BCUT2D eigenvalue weighted by molar-refractivity contribution is 7.91. The Labute approximate surface area is 123 Å². The summed E-state index contributed by atoms with van der Waals surface area (Å²) in [4.78, 5) is 1.02. The molecule has 7 heteroatoms. The average molecular weight is 314 g/mol. The van der Waals surface area contributed by atoms with E-state index in [0.29, 0.717) is 10.8 Å². The van der Waals surface area contributed by atoms with Crippen molar-refractivity contribution in [1.29, 1.82) is 0 Å². The molecule has 2 heterocycles. The normalized spacial score (nSPS) is 11.8. The maximum Gasteiger partial charge on any atom is 0.250 e. The van der Waals surface area contributed by atoms with Gasteiger partial charge in [-0.2, -0.15) is 0 Å². The molecule has 0 fully saturated rings. The van der Waals surface area contributed by atoms with Crippen molar-refractivity contribution in [3.8, 4) is 0 Å². The minimum atomic E-state index is -3.45. The van der Waals surface area contributed by atoms with Crippen LogP contribution in [0.2, 0.25) is 0 Å². The van der Waals surface area contributed by atoms with E-state index in [9.17, 15) is 8.42 Å². The van der Waals surface area contributed by atoms with Gasteiger partial charge in [0.05, 0.1) is 12.5 Å².